The van der Waals surface area contributed by atoms with Crippen LogP contribution < -0.4 is 10.6 Å². The van der Waals surface area contributed by atoms with E-state index in [0.29, 0.717) is 95.9 Å². The summed E-state index contributed by atoms with van der Waals surface area (Å²) < 4.78 is 12.7. The van der Waals surface area contributed by atoms with E-state index in [-0.39, 0.29) is 68.2 Å². The Morgan fingerprint density at radius 2 is 0.975 bits per heavy atom. The van der Waals surface area contributed by atoms with Crippen molar-refractivity contribution in [2.45, 2.75) is 223 Å². The maximum absolute atomic E-state index is 13.1. The molecule has 19 atom stereocenters. The maximum Gasteiger partial charge on any atom is 0.157 e. The summed E-state index contributed by atoms with van der Waals surface area (Å²) in [7, 11) is 1.00. The van der Waals surface area contributed by atoms with Gasteiger partial charge >= 0.3 is 0 Å². The van der Waals surface area contributed by atoms with Gasteiger partial charge in [0.2, 0.25) is 0 Å². The van der Waals surface area contributed by atoms with E-state index in [1.165, 1.54) is 101 Å². The lowest BCUT2D eigenvalue weighted by Gasteiger charge is -2.72. The minimum absolute atomic E-state index is 0.0311. The van der Waals surface area contributed by atoms with Gasteiger partial charge in [-0.25, -0.2) is 0 Å². The fourth-order valence-corrected chi connectivity index (χ4v) is 24.5. The molecule has 10 nitrogen and oxygen atoms in total. The van der Waals surface area contributed by atoms with Crippen LogP contribution in [-0.2, 0) is 19.1 Å². The topological polar surface area (TPSA) is 158 Å². The number of aliphatic hydroxyl groups excluding tert-OH is 4. The molecule has 1 unspecified atom stereocenters. The van der Waals surface area contributed by atoms with Crippen LogP contribution in [0.25, 0.3) is 0 Å². The highest BCUT2D eigenvalue weighted by Gasteiger charge is 2.73. The van der Waals surface area contributed by atoms with E-state index in [9.17, 15) is 24.9 Å². The lowest BCUT2D eigenvalue weighted by atomic mass is 9.32. The highest BCUT2D eigenvalue weighted by atomic mass is 16.7. The summed E-state index contributed by atoms with van der Waals surface area (Å²) in [6.07, 6.45) is 26.7. The van der Waals surface area contributed by atoms with Crippen LogP contribution in [0.15, 0.2) is 24.3 Å². The lowest BCUT2D eigenvalue weighted by Crippen LogP contribution is -2.66. The molecule has 10 aliphatic carbocycles. The Morgan fingerprint density at radius 1 is 0.525 bits per heavy atom. The Hall–Kier alpha value is -1.50. The summed E-state index contributed by atoms with van der Waals surface area (Å²) in [5.41, 5.74) is 4.11. The van der Waals surface area contributed by atoms with Crippen LogP contribution in [0.4, 0.5) is 0 Å². The molecule has 0 aromatic rings. The Bertz CT molecular complexity index is 2240. The van der Waals surface area contributed by atoms with Crippen molar-refractivity contribution in [1.29, 1.82) is 0 Å². The van der Waals surface area contributed by atoms with Gasteiger partial charge in [0, 0.05) is 70.2 Å². The van der Waals surface area contributed by atoms with E-state index in [4.69, 9.17) is 14.6 Å². The van der Waals surface area contributed by atoms with Crippen LogP contribution >= 0.6 is 0 Å². The van der Waals surface area contributed by atoms with E-state index in [0.717, 1.165) is 91.2 Å². The third-order valence-corrected chi connectivity index (χ3v) is 29.0. The summed E-state index contributed by atoms with van der Waals surface area (Å²) in [5, 5.41) is 43.3. The molecule has 0 bridgehead atoms. The van der Waals surface area contributed by atoms with Gasteiger partial charge in [0.25, 0.3) is 0 Å². The third-order valence-electron chi connectivity index (χ3n) is 29.0. The van der Waals surface area contributed by atoms with E-state index in [1.807, 2.05) is 0 Å². The molecule has 1 heterocycles. The van der Waals surface area contributed by atoms with Crippen molar-refractivity contribution in [1.82, 2.24) is 10.6 Å². The Kier molecular flexibility index (Phi) is 18.4. The quantitative estimate of drug-likeness (QED) is 0.0731. The second-order valence-electron chi connectivity index (χ2n) is 32.1. The number of ketones is 2. The van der Waals surface area contributed by atoms with Crippen molar-refractivity contribution in [2.75, 3.05) is 66.3 Å². The molecular formula is C70H118N2O8. The van der Waals surface area contributed by atoms with Gasteiger partial charge < -0.3 is 40.5 Å². The van der Waals surface area contributed by atoms with E-state index >= 15 is 0 Å². The van der Waals surface area contributed by atoms with Gasteiger partial charge in [0.15, 0.2) is 6.29 Å². The fraction of sp³-hybridized carbons (Fsp3) is 0.914. The minimum atomic E-state index is -0.194. The number of hydrogen-bond donors (Lipinski definition) is 6. The Morgan fingerprint density at radius 3 is 1.41 bits per heavy atom. The number of nitrogens with one attached hydrogen (secondary N) is 2. The molecule has 0 radical (unpaired) electrons. The summed E-state index contributed by atoms with van der Waals surface area (Å²) in [6, 6.07) is 0. The van der Waals surface area contributed by atoms with Crippen LogP contribution in [0.5, 0.6) is 0 Å². The number of ether oxygens (including phenoxy) is 2. The van der Waals surface area contributed by atoms with Gasteiger partial charge in [-0.2, -0.15) is 0 Å². The van der Waals surface area contributed by atoms with Crippen LogP contribution in [-0.4, -0.2) is 105 Å². The standard InChI is InChI=1S/C37H61NO4.C32H53NO3.CH4O/c1-25(23-38-20-21-39)26-12-17-37(24-42-31-9-7-8-22-41-31)19-18-35(5)27(32(26)37)10-11-29-34(4)15-14-30(40)33(2,3)28(34)13-16-36(29,35)6;1-21(19-33-17-18-34)22-9-14-32(20-35)16-15-30(5)23(27(22)32)7-8-25-29(4)12-11-26(36)28(2,3)24(29)10-13-31(25,30)6;1-2/h26-29,31-32,38-39H,1,7-24H2,2-6H3;22-25,27,33-35H,1,7-20H2,2-6H3;2H,1H3/t26-,27+,28-,29+,31?,32+,34-,35+,36+,37+;22-,23+,24-,25+,27+,29-,30+,31+,32+;/m00./s1. The summed E-state index contributed by atoms with van der Waals surface area (Å²) in [4.78, 5) is 26.1. The van der Waals surface area contributed by atoms with Gasteiger partial charge in [0.1, 0.15) is 11.6 Å². The molecule has 0 amide bonds. The van der Waals surface area contributed by atoms with Crippen molar-refractivity contribution in [3.05, 3.63) is 24.3 Å². The normalized spacial score (nSPS) is 47.6. The molecule has 456 valence electrons. The molecule has 0 spiro atoms. The monoisotopic (exact) mass is 1110 g/mol. The zero-order chi connectivity index (χ0) is 58.1. The van der Waals surface area contributed by atoms with Gasteiger partial charge in [-0.3, -0.25) is 9.59 Å². The van der Waals surface area contributed by atoms with Crippen molar-refractivity contribution >= 4 is 11.6 Å². The predicted octanol–water partition coefficient (Wildman–Crippen LogP) is 12.7. The number of Topliss-reactive ketones (excluding diaryl/α,β-unsaturated/α-hetero) is 2. The third kappa shape index (κ3) is 9.75. The molecule has 1 saturated heterocycles. The highest BCUT2D eigenvalue weighted by molar-refractivity contribution is 5.86. The molecule has 11 aliphatic rings. The van der Waals surface area contributed by atoms with E-state index in [2.05, 4.69) is 93.0 Å². The van der Waals surface area contributed by atoms with E-state index in [1.54, 1.807) is 0 Å². The van der Waals surface area contributed by atoms with Crippen molar-refractivity contribution in [3.8, 4) is 0 Å². The van der Waals surface area contributed by atoms with Gasteiger partial charge in [-0.05, 0) is 237 Å². The SMILES string of the molecule is C=C(CNCCO)[C@@H]1CC[C@]2(CO)CC[C@]3(C)[C@H](CC[C@@H]4[C@@]5(C)CCC(=O)C(C)(C)[C@@H]5CC[C@]43C)[C@@H]12.C=C(CNCCO)[C@@H]1CC[C@]2(COC3CCCCO3)CC[C@]3(C)[C@H](CC[C@@H]4[C@@]5(C)CCC(=O)C(C)(C)[C@@H]5CC[C@]43C)[C@@H]12.CO. The van der Waals surface area contributed by atoms with Crippen molar-refractivity contribution in [2.24, 2.45) is 113 Å². The minimum Gasteiger partial charge on any atom is -0.400 e. The first-order chi connectivity index (χ1) is 37.8. The molecule has 0 aromatic heterocycles. The molecule has 80 heavy (non-hydrogen) atoms. The average Bonchev–Trinajstić information content (AvgIpc) is 2.62. The van der Waals surface area contributed by atoms with Crippen LogP contribution in [0.2, 0.25) is 0 Å². The number of fused-ring (bicyclic) bond motifs is 14. The van der Waals surface area contributed by atoms with Gasteiger partial charge in [-0.1, -0.05) is 93.5 Å². The number of aliphatic hydroxyl groups is 4. The summed E-state index contributed by atoms with van der Waals surface area (Å²) >= 11 is 0. The predicted molar refractivity (Wildman–Crippen MR) is 321 cm³/mol. The zero-order valence-corrected chi connectivity index (χ0v) is 52.8. The Balaban J connectivity index is 0.000000190. The molecule has 11 rings (SSSR count). The molecular weight excluding hydrogens is 997 g/mol. The number of hydrogen-bond acceptors (Lipinski definition) is 10. The Labute approximate surface area is 486 Å². The van der Waals surface area contributed by atoms with E-state index < -0.39 is 0 Å². The smallest absolute Gasteiger partial charge is 0.157 e. The van der Waals surface area contributed by atoms with Gasteiger partial charge in [-0.15, -0.1) is 0 Å². The zero-order valence-electron chi connectivity index (χ0n) is 52.8. The first-order valence-corrected chi connectivity index (χ1v) is 33.2. The lowest BCUT2D eigenvalue weighted by molar-refractivity contribution is -0.245. The molecule has 10 saturated carbocycles. The first kappa shape index (κ1) is 63.0. The van der Waals surface area contributed by atoms with Gasteiger partial charge in [0.05, 0.1) is 19.8 Å². The first-order valence-electron chi connectivity index (χ1n) is 33.2. The summed E-state index contributed by atoms with van der Waals surface area (Å²) in [5.74, 6) is 6.73. The molecule has 11 fully saturated rings. The van der Waals surface area contributed by atoms with Crippen LogP contribution in [0.3, 0.4) is 0 Å². The largest absolute Gasteiger partial charge is 0.400 e. The molecule has 0 aromatic carbocycles. The van der Waals surface area contributed by atoms with Crippen molar-refractivity contribution in [3.63, 3.8) is 0 Å². The number of carbonyl (C=O) groups excluding carboxylic acids is 2. The maximum atomic E-state index is 13.1. The summed E-state index contributed by atoms with van der Waals surface area (Å²) in [6.45, 7) is 39.2. The average molecular weight is 1120 g/mol. The second kappa shape index (κ2) is 23.3. The fourth-order valence-electron chi connectivity index (χ4n) is 24.5. The van der Waals surface area contributed by atoms with Crippen LogP contribution in [0, 0.1) is 113 Å². The highest BCUT2D eigenvalue weighted by Crippen LogP contribution is 2.79. The van der Waals surface area contributed by atoms with Crippen LogP contribution in [0.1, 0.15) is 217 Å². The van der Waals surface area contributed by atoms with Crippen molar-refractivity contribution < 1.29 is 39.5 Å². The molecule has 6 N–H and O–H groups in total. The number of carbonyl (C=O) groups is 2. The molecule has 10 heteroatoms. The second-order valence-corrected chi connectivity index (χ2v) is 32.1. The molecule has 1 aliphatic heterocycles. The number of rotatable bonds is 14.